The number of aryl methyl sites for hydroxylation is 2. The highest BCUT2D eigenvalue weighted by Gasteiger charge is 2.27. The number of pyridine rings is 1. The number of carboxylic acid groups (broad SMARTS) is 1. The number of carbonyl (C=O) groups excluding carboxylic acids is 1. The summed E-state index contributed by atoms with van der Waals surface area (Å²) in [6.45, 7) is 3.81. The summed E-state index contributed by atoms with van der Waals surface area (Å²) >= 11 is 0. The standard InChI is InChI=1S/C26H34N4O3/c31-24(32)17-23(19-7-2-1-3-8-19)26(33)29-22-11-6-16-30(18-22)15-5-10-21-13-12-20-9-4-14-27-25(20)28-21/h1-3,7-8,12-13,22-23H,4-6,9-11,14-18H2,(H,27,28)(H,29,33)(H,31,32). The zero-order chi connectivity index (χ0) is 23.0. The van der Waals surface area contributed by atoms with Crippen molar-refractivity contribution in [1.29, 1.82) is 0 Å². The molecule has 0 saturated carbocycles. The number of likely N-dealkylation sites (tertiary alicyclic amines) is 1. The Kier molecular flexibility index (Phi) is 7.94. The van der Waals surface area contributed by atoms with Crippen molar-refractivity contribution in [2.24, 2.45) is 0 Å². The van der Waals surface area contributed by atoms with Crippen LogP contribution in [-0.2, 0) is 22.4 Å². The van der Waals surface area contributed by atoms with Crippen molar-refractivity contribution in [3.8, 4) is 0 Å². The molecule has 2 aromatic rings. The Labute approximate surface area is 195 Å². The highest BCUT2D eigenvalue weighted by molar-refractivity contribution is 5.88. The first kappa shape index (κ1) is 23.2. The minimum Gasteiger partial charge on any atom is -0.481 e. The SMILES string of the molecule is O=C(O)CC(C(=O)NC1CCCN(CCCc2ccc3c(n2)NCCC3)C1)c1ccccc1. The number of amides is 1. The number of aromatic nitrogens is 1. The van der Waals surface area contributed by atoms with Crippen molar-refractivity contribution in [1.82, 2.24) is 15.2 Å². The number of anilines is 1. The Morgan fingerprint density at radius 3 is 2.85 bits per heavy atom. The van der Waals surface area contributed by atoms with E-state index >= 15 is 0 Å². The van der Waals surface area contributed by atoms with Crippen molar-refractivity contribution in [2.45, 2.75) is 56.9 Å². The Bertz CT molecular complexity index is 950. The van der Waals surface area contributed by atoms with Crippen molar-refractivity contribution in [2.75, 3.05) is 31.5 Å². The quantitative estimate of drug-likeness (QED) is 0.543. The largest absolute Gasteiger partial charge is 0.481 e. The molecule has 1 amide bonds. The van der Waals surface area contributed by atoms with Crippen LogP contribution in [0.25, 0.3) is 0 Å². The molecule has 2 atom stereocenters. The van der Waals surface area contributed by atoms with Crippen LogP contribution in [0.2, 0.25) is 0 Å². The van der Waals surface area contributed by atoms with Crippen molar-refractivity contribution >= 4 is 17.7 Å². The first-order valence-electron chi connectivity index (χ1n) is 12.1. The van der Waals surface area contributed by atoms with Crippen molar-refractivity contribution < 1.29 is 14.7 Å². The van der Waals surface area contributed by atoms with E-state index in [1.807, 2.05) is 30.3 Å². The smallest absolute Gasteiger partial charge is 0.304 e. The number of hydrogen-bond acceptors (Lipinski definition) is 5. The molecule has 3 heterocycles. The first-order valence-corrected chi connectivity index (χ1v) is 12.1. The zero-order valence-corrected chi connectivity index (χ0v) is 19.1. The summed E-state index contributed by atoms with van der Waals surface area (Å²) in [4.78, 5) is 31.5. The molecule has 0 bridgehead atoms. The van der Waals surface area contributed by atoms with Gasteiger partial charge in [-0.2, -0.15) is 0 Å². The van der Waals surface area contributed by atoms with E-state index in [-0.39, 0.29) is 18.4 Å². The lowest BCUT2D eigenvalue weighted by atomic mass is 9.94. The number of hydrogen-bond donors (Lipinski definition) is 3. The average Bonchev–Trinajstić information content (AvgIpc) is 2.83. The Hall–Kier alpha value is -2.93. The molecule has 176 valence electrons. The molecule has 2 unspecified atom stereocenters. The monoisotopic (exact) mass is 450 g/mol. The molecule has 0 spiro atoms. The lowest BCUT2D eigenvalue weighted by Crippen LogP contribution is -2.49. The summed E-state index contributed by atoms with van der Waals surface area (Å²) in [6.07, 6.45) is 6.00. The fourth-order valence-electron chi connectivity index (χ4n) is 4.89. The van der Waals surface area contributed by atoms with E-state index in [1.165, 1.54) is 12.0 Å². The van der Waals surface area contributed by atoms with Gasteiger partial charge in [-0.15, -0.1) is 0 Å². The van der Waals surface area contributed by atoms with Crippen LogP contribution in [0, 0.1) is 0 Å². The van der Waals surface area contributed by atoms with Gasteiger partial charge in [-0.3, -0.25) is 9.59 Å². The van der Waals surface area contributed by atoms with Gasteiger partial charge in [-0.25, -0.2) is 4.98 Å². The van der Waals surface area contributed by atoms with Crippen LogP contribution >= 0.6 is 0 Å². The summed E-state index contributed by atoms with van der Waals surface area (Å²) in [6, 6.07) is 13.6. The molecule has 7 heteroatoms. The summed E-state index contributed by atoms with van der Waals surface area (Å²) in [5.74, 6) is -0.770. The van der Waals surface area contributed by atoms with Gasteiger partial charge in [-0.05, 0) is 68.8 Å². The number of rotatable bonds is 9. The molecule has 1 saturated heterocycles. The summed E-state index contributed by atoms with van der Waals surface area (Å²) in [5.41, 5.74) is 3.19. The van der Waals surface area contributed by atoms with Gasteiger partial charge < -0.3 is 20.6 Å². The van der Waals surface area contributed by atoms with Crippen LogP contribution < -0.4 is 10.6 Å². The molecule has 1 aromatic carbocycles. The molecule has 0 radical (unpaired) electrons. The van der Waals surface area contributed by atoms with Gasteiger partial charge in [-0.1, -0.05) is 36.4 Å². The molecule has 7 nitrogen and oxygen atoms in total. The lowest BCUT2D eigenvalue weighted by Gasteiger charge is -2.34. The van der Waals surface area contributed by atoms with Gasteiger partial charge in [0, 0.05) is 24.8 Å². The van der Waals surface area contributed by atoms with Gasteiger partial charge in [0.15, 0.2) is 0 Å². The predicted octanol–water partition coefficient (Wildman–Crippen LogP) is 3.21. The van der Waals surface area contributed by atoms with E-state index in [0.29, 0.717) is 0 Å². The Morgan fingerprint density at radius 2 is 2.03 bits per heavy atom. The predicted molar refractivity (Wildman–Crippen MR) is 128 cm³/mol. The summed E-state index contributed by atoms with van der Waals surface area (Å²) in [5, 5.41) is 15.8. The Balaban J connectivity index is 1.27. The molecule has 1 aromatic heterocycles. The third-order valence-corrected chi connectivity index (χ3v) is 6.61. The number of carbonyl (C=O) groups is 2. The van der Waals surface area contributed by atoms with E-state index in [9.17, 15) is 14.7 Å². The van der Waals surface area contributed by atoms with E-state index < -0.39 is 11.9 Å². The molecule has 33 heavy (non-hydrogen) atoms. The molecular formula is C26H34N4O3. The maximum absolute atomic E-state index is 13.0. The number of aliphatic carboxylic acids is 1. The van der Waals surface area contributed by atoms with Gasteiger partial charge in [0.25, 0.3) is 0 Å². The third kappa shape index (κ3) is 6.54. The molecule has 4 rings (SSSR count). The topological polar surface area (TPSA) is 94.6 Å². The average molecular weight is 451 g/mol. The molecular weight excluding hydrogens is 416 g/mol. The Morgan fingerprint density at radius 1 is 1.18 bits per heavy atom. The van der Waals surface area contributed by atoms with Crippen LogP contribution in [0.4, 0.5) is 5.82 Å². The van der Waals surface area contributed by atoms with Gasteiger partial charge in [0.2, 0.25) is 5.91 Å². The molecule has 2 aliphatic rings. The minimum absolute atomic E-state index is 0.0531. The fourth-order valence-corrected chi connectivity index (χ4v) is 4.89. The molecule has 3 N–H and O–H groups in total. The van der Waals surface area contributed by atoms with Crippen LogP contribution in [0.15, 0.2) is 42.5 Å². The van der Waals surface area contributed by atoms with Crippen LogP contribution in [0.3, 0.4) is 0 Å². The second kappa shape index (κ2) is 11.3. The normalized spacial score (nSPS) is 19.2. The minimum atomic E-state index is -0.963. The van der Waals surface area contributed by atoms with Crippen LogP contribution in [0.1, 0.15) is 54.8 Å². The van der Waals surface area contributed by atoms with E-state index in [1.54, 1.807) is 0 Å². The number of benzene rings is 1. The summed E-state index contributed by atoms with van der Waals surface area (Å²) < 4.78 is 0. The molecule has 0 aliphatic carbocycles. The third-order valence-electron chi connectivity index (χ3n) is 6.61. The van der Waals surface area contributed by atoms with E-state index in [4.69, 9.17) is 4.98 Å². The first-order chi connectivity index (χ1) is 16.1. The fraction of sp³-hybridized carbons (Fsp3) is 0.500. The van der Waals surface area contributed by atoms with Gasteiger partial charge in [0.05, 0.1) is 12.3 Å². The number of nitrogens with zero attached hydrogens (tertiary/aromatic N) is 2. The van der Waals surface area contributed by atoms with E-state index in [0.717, 1.165) is 75.4 Å². The van der Waals surface area contributed by atoms with Gasteiger partial charge >= 0.3 is 5.97 Å². The maximum atomic E-state index is 13.0. The number of nitrogens with one attached hydrogen (secondary N) is 2. The summed E-state index contributed by atoms with van der Waals surface area (Å²) in [7, 11) is 0. The number of fused-ring (bicyclic) bond motifs is 1. The van der Waals surface area contributed by atoms with Crippen molar-refractivity contribution in [3.63, 3.8) is 0 Å². The van der Waals surface area contributed by atoms with Crippen LogP contribution in [-0.4, -0.2) is 59.1 Å². The highest BCUT2D eigenvalue weighted by Crippen LogP contribution is 2.22. The molecule has 2 aliphatic heterocycles. The number of piperidine rings is 1. The van der Waals surface area contributed by atoms with Crippen molar-refractivity contribution in [3.05, 3.63) is 59.3 Å². The highest BCUT2D eigenvalue weighted by atomic mass is 16.4. The van der Waals surface area contributed by atoms with E-state index in [2.05, 4.69) is 27.7 Å². The zero-order valence-electron chi connectivity index (χ0n) is 19.1. The second-order valence-electron chi connectivity index (χ2n) is 9.15. The van der Waals surface area contributed by atoms with Crippen LogP contribution in [0.5, 0.6) is 0 Å². The number of carboxylic acids is 1. The maximum Gasteiger partial charge on any atom is 0.304 e. The van der Waals surface area contributed by atoms with Gasteiger partial charge in [0.1, 0.15) is 5.82 Å². The molecule has 1 fully saturated rings. The second-order valence-corrected chi connectivity index (χ2v) is 9.15. The lowest BCUT2D eigenvalue weighted by molar-refractivity contribution is -0.139.